The number of hydrogen-bond donors (Lipinski definition) is 2. The van der Waals surface area contributed by atoms with Crippen LogP contribution in [0.2, 0.25) is 0 Å². The molecule has 2 N–H and O–H groups in total. The number of amides is 2. The normalized spacial score (nSPS) is 10.3. The fourth-order valence-electron chi connectivity index (χ4n) is 2.13. The Bertz CT molecular complexity index is 695. The van der Waals surface area contributed by atoms with Crippen LogP contribution in [0.3, 0.4) is 0 Å². The van der Waals surface area contributed by atoms with E-state index < -0.39 is 0 Å². The number of benzene rings is 1. The smallest absolute Gasteiger partial charge is 0.270 e. The molecule has 2 rings (SSSR count). The summed E-state index contributed by atoms with van der Waals surface area (Å²) in [5.74, 6) is -0.414. The summed E-state index contributed by atoms with van der Waals surface area (Å²) in [6, 6.07) is 8.40. The molecule has 2 amide bonds. The van der Waals surface area contributed by atoms with Crippen LogP contribution in [0.25, 0.3) is 0 Å². The van der Waals surface area contributed by atoms with Crippen molar-refractivity contribution >= 4 is 34.0 Å². The van der Waals surface area contributed by atoms with Gasteiger partial charge in [0.15, 0.2) is 5.13 Å². The molecule has 6 nitrogen and oxygen atoms in total. The third-order valence-corrected chi connectivity index (χ3v) is 4.16. The number of hydrogen-bond acceptors (Lipinski definition) is 5. The number of aryl methyl sites for hydroxylation is 1. The molecule has 1 heterocycles. The Morgan fingerprint density at radius 1 is 1.21 bits per heavy atom. The molecule has 0 atom stereocenters. The highest BCUT2D eigenvalue weighted by Gasteiger charge is 2.10. The predicted molar refractivity (Wildman–Crippen MR) is 97.8 cm³/mol. The zero-order valence-corrected chi connectivity index (χ0v) is 14.9. The second kappa shape index (κ2) is 8.44. The summed E-state index contributed by atoms with van der Waals surface area (Å²) in [5.41, 5.74) is 2.75. The molecule has 1 aromatic heterocycles. The Morgan fingerprint density at radius 3 is 2.54 bits per heavy atom. The number of carbonyl (C=O) groups excluding carboxylic acids is 2. The Labute approximate surface area is 145 Å². The second-order valence-corrected chi connectivity index (χ2v) is 6.50. The molecular weight excluding hydrogens is 324 g/mol. The van der Waals surface area contributed by atoms with Crippen LogP contribution in [0, 0.1) is 0 Å². The quantitative estimate of drug-likeness (QED) is 0.756. The van der Waals surface area contributed by atoms with Crippen LogP contribution in [-0.2, 0) is 11.2 Å². The average molecular weight is 346 g/mol. The van der Waals surface area contributed by atoms with Gasteiger partial charge in [0.05, 0.1) is 0 Å². The topological polar surface area (TPSA) is 74.3 Å². The summed E-state index contributed by atoms with van der Waals surface area (Å²) < 4.78 is 0. The van der Waals surface area contributed by atoms with Crippen LogP contribution in [0.5, 0.6) is 0 Å². The van der Waals surface area contributed by atoms with Crippen molar-refractivity contribution in [3.8, 4) is 0 Å². The third-order valence-electron chi connectivity index (χ3n) is 3.40. The number of carbonyl (C=O) groups is 2. The third kappa shape index (κ3) is 5.34. The maximum absolute atomic E-state index is 12.0. The highest BCUT2D eigenvalue weighted by Crippen LogP contribution is 2.15. The minimum Gasteiger partial charge on any atom is -0.378 e. The van der Waals surface area contributed by atoms with Crippen molar-refractivity contribution in [3.05, 3.63) is 40.9 Å². The summed E-state index contributed by atoms with van der Waals surface area (Å²) in [4.78, 5) is 29.1. The van der Waals surface area contributed by atoms with E-state index in [-0.39, 0.29) is 11.8 Å². The second-order valence-electron chi connectivity index (χ2n) is 5.64. The zero-order valence-electron chi connectivity index (χ0n) is 14.1. The van der Waals surface area contributed by atoms with Crippen molar-refractivity contribution in [2.75, 3.05) is 30.9 Å². The van der Waals surface area contributed by atoms with Gasteiger partial charge in [-0.05, 0) is 30.5 Å². The number of anilines is 2. The van der Waals surface area contributed by atoms with Crippen molar-refractivity contribution < 1.29 is 9.59 Å². The standard InChI is InChI=1S/C17H22N4O2S/c1-12(22)19-17-20-15(11-24-17)16(23)18-10-4-5-13-6-8-14(9-7-13)21(2)3/h6-9,11H,4-5,10H2,1-3H3,(H,18,23)(H,19,20,22). The molecule has 24 heavy (non-hydrogen) atoms. The highest BCUT2D eigenvalue weighted by molar-refractivity contribution is 7.14. The molecule has 0 spiro atoms. The van der Waals surface area contributed by atoms with Crippen molar-refractivity contribution in [1.29, 1.82) is 0 Å². The maximum Gasteiger partial charge on any atom is 0.270 e. The Kier molecular flexibility index (Phi) is 6.31. The van der Waals surface area contributed by atoms with E-state index in [9.17, 15) is 9.59 Å². The molecule has 0 saturated heterocycles. The van der Waals surface area contributed by atoms with Crippen LogP contribution in [0.4, 0.5) is 10.8 Å². The van der Waals surface area contributed by atoms with Gasteiger partial charge in [0, 0.05) is 38.6 Å². The van der Waals surface area contributed by atoms with E-state index in [0.717, 1.165) is 12.8 Å². The average Bonchev–Trinajstić information content (AvgIpc) is 2.99. The van der Waals surface area contributed by atoms with Gasteiger partial charge in [-0.3, -0.25) is 9.59 Å². The zero-order chi connectivity index (χ0) is 17.5. The monoisotopic (exact) mass is 346 g/mol. The summed E-state index contributed by atoms with van der Waals surface area (Å²) in [7, 11) is 4.03. The summed E-state index contributed by atoms with van der Waals surface area (Å²) in [6.45, 7) is 1.99. The fraction of sp³-hybridized carbons (Fsp3) is 0.353. The summed E-state index contributed by atoms with van der Waals surface area (Å²) >= 11 is 1.24. The van der Waals surface area contributed by atoms with Gasteiger partial charge in [0.2, 0.25) is 5.91 Å². The molecule has 2 aromatic rings. The van der Waals surface area contributed by atoms with Crippen LogP contribution < -0.4 is 15.5 Å². The maximum atomic E-state index is 12.0. The number of aromatic nitrogens is 1. The molecule has 0 aliphatic heterocycles. The van der Waals surface area contributed by atoms with Gasteiger partial charge in [-0.25, -0.2) is 4.98 Å². The lowest BCUT2D eigenvalue weighted by Gasteiger charge is -2.12. The summed E-state index contributed by atoms with van der Waals surface area (Å²) in [5, 5.41) is 7.49. The van der Waals surface area contributed by atoms with Gasteiger partial charge >= 0.3 is 0 Å². The van der Waals surface area contributed by atoms with Gasteiger partial charge < -0.3 is 15.5 Å². The first-order valence-electron chi connectivity index (χ1n) is 7.73. The largest absolute Gasteiger partial charge is 0.378 e. The molecule has 128 valence electrons. The first kappa shape index (κ1) is 17.9. The molecule has 0 saturated carbocycles. The lowest BCUT2D eigenvalue weighted by molar-refractivity contribution is -0.114. The van der Waals surface area contributed by atoms with Gasteiger partial charge in [-0.2, -0.15) is 0 Å². The number of nitrogens with zero attached hydrogens (tertiary/aromatic N) is 2. The Balaban J connectivity index is 1.74. The van der Waals surface area contributed by atoms with Gasteiger partial charge in [0.1, 0.15) is 5.69 Å². The fourth-order valence-corrected chi connectivity index (χ4v) is 2.87. The van der Waals surface area contributed by atoms with Gasteiger partial charge in [0.25, 0.3) is 5.91 Å². The molecule has 0 fully saturated rings. The molecule has 0 aliphatic carbocycles. The Hall–Kier alpha value is -2.41. The number of nitrogens with one attached hydrogen (secondary N) is 2. The number of thiazole rings is 1. The molecule has 0 aliphatic rings. The van der Waals surface area contributed by atoms with Crippen molar-refractivity contribution in [2.24, 2.45) is 0 Å². The van der Waals surface area contributed by atoms with Crippen molar-refractivity contribution in [2.45, 2.75) is 19.8 Å². The van der Waals surface area contributed by atoms with E-state index in [1.165, 1.54) is 29.5 Å². The first-order valence-corrected chi connectivity index (χ1v) is 8.61. The molecular formula is C17H22N4O2S. The van der Waals surface area contributed by atoms with Crippen LogP contribution in [0.15, 0.2) is 29.6 Å². The molecule has 0 radical (unpaired) electrons. The Morgan fingerprint density at radius 2 is 1.92 bits per heavy atom. The van der Waals surface area contributed by atoms with Crippen LogP contribution in [0.1, 0.15) is 29.4 Å². The lowest BCUT2D eigenvalue weighted by atomic mass is 10.1. The van der Waals surface area contributed by atoms with E-state index >= 15 is 0 Å². The predicted octanol–water partition coefficient (Wildman–Crippen LogP) is 2.53. The number of rotatable bonds is 7. The van der Waals surface area contributed by atoms with Gasteiger partial charge in [-0.15, -0.1) is 11.3 Å². The molecule has 0 unspecified atom stereocenters. The SMILES string of the molecule is CC(=O)Nc1nc(C(=O)NCCCc2ccc(N(C)C)cc2)cs1. The van der Waals surface area contributed by atoms with Crippen LogP contribution in [-0.4, -0.2) is 37.4 Å². The summed E-state index contributed by atoms with van der Waals surface area (Å²) in [6.07, 6.45) is 1.76. The first-order chi connectivity index (χ1) is 11.5. The minimum absolute atomic E-state index is 0.198. The van der Waals surface area contributed by atoms with Gasteiger partial charge in [-0.1, -0.05) is 12.1 Å². The van der Waals surface area contributed by atoms with Crippen LogP contribution >= 0.6 is 11.3 Å². The van der Waals surface area contributed by atoms with E-state index in [0.29, 0.717) is 17.4 Å². The van der Waals surface area contributed by atoms with Crippen molar-refractivity contribution in [3.63, 3.8) is 0 Å². The van der Waals surface area contributed by atoms with E-state index in [1.807, 2.05) is 14.1 Å². The minimum atomic E-state index is -0.217. The molecule has 7 heteroatoms. The van der Waals surface area contributed by atoms with E-state index in [4.69, 9.17) is 0 Å². The molecule has 1 aromatic carbocycles. The highest BCUT2D eigenvalue weighted by atomic mass is 32.1. The molecule has 0 bridgehead atoms. The van der Waals surface area contributed by atoms with Crippen molar-refractivity contribution in [1.82, 2.24) is 10.3 Å². The van der Waals surface area contributed by atoms with E-state index in [1.54, 1.807) is 5.38 Å². The lowest BCUT2D eigenvalue weighted by Crippen LogP contribution is -2.25. The van der Waals surface area contributed by atoms with E-state index in [2.05, 4.69) is 44.8 Å².